The summed E-state index contributed by atoms with van der Waals surface area (Å²) in [7, 11) is 1.66. The molecule has 2 bridgehead atoms. The Balaban J connectivity index is 1.44. The van der Waals surface area contributed by atoms with Crippen LogP contribution in [0.5, 0.6) is 5.75 Å². The van der Waals surface area contributed by atoms with E-state index >= 15 is 0 Å². The average Bonchev–Trinajstić information content (AvgIpc) is 3.29. The summed E-state index contributed by atoms with van der Waals surface area (Å²) in [5.74, 6) is -0.870. The number of para-hydroxylation sites is 2. The molecule has 3 aliphatic rings. The minimum absolute atomic E-state index is 0.00827. The van der Waals surface area contributed by atoms with Crippen LogP contribution in [0.1, 0.15) is 6.42 Å². The summed E-state index contributed by atoms with van der Waals surface area (Å²) in [6, 6.07) is 7.88. The van der Waals surface area contributed by atoms with Gasteiger partial charge in [0.2, 0.25) is 5.91 Å². The molecular weight excluding hydrogens is 332 g/mol. The molecule has 138 valence electrons. The van der Waals surface area contributed by atoms with E-state index in [0.29, 0.717) is 13.1 Å². The van der Waals surface area contributed by atoms with Gasteiger partial charge in [-0.25, -0.2) is 0 Å². The SMILES string of the molecule is COc1ccccc1N1CCN(C(=O)[C@H]2[C@@H](C(=O)O)[C@H]3C=C[C@@H]2C3)CC1. The molecule has 0 spiro atoms. The van der Waals surface area contributed by atoms with E-state index in [1.165, 1.54) is 0 Å². The van der Waals surface area contributed by atoms with E-state index < -0.39 is 17.8 Å². The van der Waals surface area contributed by atoms with Crippen molar-refractivity contribution in [1.29, 1.82) is 0 Å². The number of carboxylic acid groups (broad SMARTS) is 1. The van der Waals surface area contributed by atoms with Gasteiger partial charge in [-0.15, -0.1) is 0 Å². The topological polar surface area (TPSA) is 70.1 Å². The number of allylic oxidation sites excluding steroid dienone is 2. The predicted octanol–water partition coefficient (Wildman–Crippen LogP) is 1.87. The second-order valence-corrected chi connectivity index (χ2v) is 7.32. The summed E-state index contributed by atoms with van der Waals surface area (Å²) in [6.45, 7) is 2.67. The Morgan fingerprint density at radius 1 is 1.04 bits per heavy atom. The van der Waals surface area contributed by atoms with Gasteiger partial charge in [0, 0.05) is 26.2 Å². The van der Waals surface area contributed by atoms with Gasteiger partial charge >= 0.3 is 5.97 Å². The number of aliphatic carboxylic acids is 1. The van der Waals surface area contributed by atoms with Gasteiger partial charge in [0.15, 0.2) is 0 Å². The van der Waals surface area contributed by atoms with Crippen molar-refractivity contribution in [2.24, 2.45) is 23.7 Å². The van der Waals surface area contributed by atoms with E-state index in [1.54, 1.807) is 7.11 Å². The van der Waals surface area contributed by atoms with Gasteiger partial charge in [0.05, 0.1) is 24.6 Å². The smallest absolute Gasteiger partial charge is 0.307 e. The Hall–Kier alpha value is -2.50. The molecule has 1 saturated heterocycles. The van der Waals surface area contributed by atoms with E-state index in [2.05, 4.69) is 4.90 Å². The number of carbonyl (C=O) groups is 2. The standard InChI is InChI=1S/C20H24N2O4/c1-26-16-5-3-2-4-15(16)21-8-10-22(11-9-21)19(23)17-13-6-7-14(12-13)18(17)20(24)25/h2-7,13-14,17-18H,8-12H2,1H3,(H,24,25)/t13-,14+,17-,18+/m1/s1. The molecular formula is C20H24N2O4. The molecule has 1 aromatic carbocycles. The maximum absolute atomic E-state index is 13.1. The average molecular weight is 356 g/mol. The molecule has 2 fully saturated rings. The van der Waals surface area contributed by atoms with Crippen LogP contribution < -0.4 is 9.64 Å². The first-order valence-corrected chi connectivity index (χ1v) is 9.18. The first kappa shape index (κ1) is 16.9. The van der Waals surface area contributed by atoms with Crippen molar-refractivity contribution in [3.8, 4) is 5.75 Å². The molecule has 0 aromatic heterocycles. The second kappa shape index (κ2) is 6.67. The van der Waals surface area contributed by atoms with Crippen LogP contribution in [0, 0.1) is 23.7 Å². The van der Waals surface area contributed by atoms with Crippen LogP contribution in [0.4, 0.5) is 5.69 Å². The number of fused-ring (bicyclic) bond motifs is 2. The third kappa shape index (κ3) is 2.73. The Bertz CT molecular complexity index is 739. The van der Waals surface area contributed by atoms with Crippen LogP contribution in [0.2, 0.25) is 0 Å². The zero-order valence-corrected chi connectivity index (χ0v) is 14.9. The Morgan fingerprint density at radius 3 is 2.35 bits per heavy atom. The maximum Gasteiger partial charge on any atom is 0.307 e. The monoisotopic (exact) mass is 356 g/mol. The fourth-order valence-electron chi connectivity index (χ4n) is 4.77. The zero-order chi connectivity index (χ0) is 18.3. The minimum Gasteiger partial charge on any atom is -0.495 e. The summed E-state index contributed by atoms with van der Waals surface area (Å²) >= 11 is 0. The molecule has 1 N–H and O–H groups in total. The molecule has 6 nitrogen and oxygen atoms in total. The Labute approximate surface area is 153 Å². The van der Waals surface area contributed by atoms with E-state index in [-0.39, 0.29) is 17.7 Å². The molecule has 1 aromatic rings. The highest BCUT2D eigenvalue weighted by Crippen LogP contribution is 2.48. The van der Waals surface area contributed by atoms with Crippen molar-refractivity contribution in [3.63, 3.8) is 0 Å². The van der Waals surface area contributed by atoms with Gasteiger partial charge in [-0.05, 0) is 30.4 Å². The van der Waals surface area contributed by atoms with Crippen LogP contribution in [0.25, 0.3) is 0 Å². The van der Waals surface area contributed by atoms with E-state index in [1.807, 2.05) is 41.3 Å². The number of carboxylic acids is 1. The fraction of sp³-hybridized carbons (Fsp3) is 0.500. The lowest BCUT2D eigenvalue weighted by Gasteiger charge is -2.39. The number of benzene rings is 1. The highest BCUT2D eigenvalue weighted by Gasteiger charge is 2.52. The molecule has 6 heteroatoms. The van der Waals surface area contributed by atoms with E-state index in [4.69, 9.17) is 4.74 Å². The number of piperazine rings is 1. The van der Waals surface area contributed by atoms with E-state index in [0.717, 1.165) is 30.9 Å². The second-order valence-electron chi connectivity index (χ2n) is 7.32. The van der Waals surface area contributed by atoms with Gasteiger partial charge in [0.25, 0.3) is 0 Å². The third-order valence-corrected chi connectivity index (χ3v) is 6.05. The third-order valence-electron chi connectivity index (χ3n) is 6.05. The molecule has 0 radical (unpaired) electrons. The lowest BCUT2D eigenvalue weighted by atomic mass is 9.82. The fourth-order valence-corrected chi connectivity index (χ4v) is 4.77. The lowest BCUT2D eigenvalue weighted by molar-refractivity contribution is -0.151. The van der Waals surface area contributed by atoms with Crippen molar-refractivity contribution < 1.29 is 19.4 Å². The Morgan fingerprint density at radius 2 is 1.69 bits per heavy atom. The van der Waals surface area contributed by atoms with Gasteiger partial charge in [-0.3, -0.25) is 9.59 Å². The highest BCUT2D eigenvalue weighted by atomic mass is 16.5. The van der Waals surface area contributed by atoms with Gasteiger partial charge in [-0.2, -0.15) is 0 Å². The van der Waals surface area contributed by atoms with Crippen LogP contribution in [-0.4, -0.2) is 55.2 Å². The molecule has 26 heavy (non-hydrogen) atoms. The number of anilines is 1. The van der Waals surface area contributed by atoms with E-state index in [9.17, 15) is 14.7 Å². The molecule has 1 saturated carbocycles. The first-order chi connectivity index (χ1) is 12.6. The molecule has 1 aliphatic heterocycles. The van der Waals surface area contributed by atoms with Gasteiger partial charge in [-0.1, -0.05) is 24.3 Å². The van der Waals surface area contributed by atoms with Crippen LogP contribution in [0.15, 0.2) is 36.4 Å². The summed E-state index contributed by atoms with van der Waals surface area (Å²) in [6.07, 6.45) is 4.82. The summed E-state index contributed by atoms with van der Waals surface area (Å²) < 4.78 is 5.43. The minimum atomic E-state index is -0.840. The van der Waals surface area contributed by atoms with Gasteiger partial charge < -0.3 is 19.6 Å². The lowest BCUT2D eigenvalue weighted by Crippen LogP contribution is -2.52. The van der Waals surface area contributed by atoms with Crippen molar-refractivity contribution in [2.45, 2.75) is 6.42 Å². The van der Waals surface area contributed by atoms with Crippen LogP contribution in [0.3, 0.4) is 0 Å². The van der Waals surface area contributed by atoms with Crippen LogP contribution >= 0.6 is 0 Å². The summed E-state index contributed by atoms with van der Waals surface area (Å²) in [4.78, 5) is 28.8. The number of amides is 1. The zero-order valence-electron chi connectivity index (χ0n) is 14.9. The maximum atomic E-state index is 13.1. The van der Waals surface area contributed by atoms with Gasteiger partial charge in [0.1, 0.15) is 5.75 Å². The molecule has 4 rings (SSSR count). The number of methoxy groups -OCH3 is 1. The number of nitrogens with zero attached hydrogens (tertiary/aromatic N) is 2. The first-order valence-electron chi connectivity index (χ1n) is 9.18. The summed E-state index contributed by atoms with van der Waals surface area (Å²) in [5.41, 5.74) is 1.04. The van der Waals surface area contributed by atoms with Crippen molar-refractivity contribution in [3.05, 3.63) is 36.4 Å². The largest absolute Gasteiger partial charge is 0.495 e. The molecule has 1 amide bonds. The number of hydrogen-bond donors (Lipinski definition) is 1. The quantitative estimate of drug-likeness (QED) is 0.834. The van der Waals surface area contributed by atoms with Crippen molar-refractivity contribution in [1.82, 2.24) is 4.90 Å². The van der Waals surface area contributed by atoms with Crippen molar-refractivity contribution >= 4 is 17.6 Å². The highest BCUT2D eigenvalue weighted by molar-refractivity contribution is 5.87. The van der Waals surface area contributed by atoms with Crippen molar-refractivity contribution in [2.75, 3.05) is 38.2 Å². The predicted molar refractivity (Wildman–Crippen MR) is 97.1 cm³/mol. The number of rotatable bonds is 4. The molecule has 0 unspecified atom stereocenters. The molecule has 2 aliphatic carbocycles. The molecule has 1 heterocycles. The number of ether oxygens (including phenoxy) is 1. The van der Waals surface area contributed by atoms with Crippen LogP contribution in [-0.2, 0) is 9.59 Å². The Kier molecular flexibility index (Phi) is 4.34. The molecule has 4 atom stereocenters. The number of carbonyl (C=O) groups excluding carboxylic acids is 1. The summed E-state index contributed by atoms with van der Waals surface area (Å²) in [5, 5.41) is 9.57. The number of hydrogen-bond acceptors (Lipinski definition) is 4. The normalized spacial score (nSPS) is 29.9.